The van der Waals surface area contributed by atoms with Crippen molar-refractivity contribution in [1.29, 1.82) is 0 Å². The van der Waals surface area contributed by atoms with Crippen LogP contribution in [0.5, 0.6) is 5.75 Å². The van der Waals surface area contributed by atoms with Gasteiger partial charge in [-0.25, -0.2) is 9.97 Å². The first kappa shape index (κ1) is 19.4. The highest BCUT2D eigenvalue weighted by molar-refractivity contribution is 6.31. The average molecular weight is 389 g/mol. The molecule has 1 atom stereocenters. The van der Waals surface area contributed by atoms with Crippen molar-refractivity contribution in [3.05, 3.63) is 40.7 Å². The molecule has 0 aliphatic carbocycles. The summed E-state index contributed by atoms with van der Waals surface area (Å²) in [7, 11) is 1.55. The van der Waals surface area contributed by atoms with Crippen molar-refractivity contribution in [1.82, 2.24) is 9.97 Å². The Balaban J connectivity index is 1.87. The Bertz CT molecular complexity index is 828. The first-order chi connectivity index (χ1) is 13.0. The van der Waals surface area contributed by atoms with Crippen LogP contribution in [0.4, 0.5) is 11.6 Å². The molecule has 1 amide bonds. The summed E-state index contributed by atoms with van der Waals surface area (Å²) in [6, 6.07) is 7.20. The molecule has 1 unspecified atom stereocenters. The molecule has 1 saturated heterocycles. The molecule has 1 fully saturated rings. The van der Waals surface area contributed by atoms with E-state index in [4.69, 9.17) is 16.3 Å². The molecule has 0 radical (unpaired) electrons. The Morgan fingerprint density at radius 1 is 1.33 bits per heavy atom. The van der Waals surface area contributed by atoms with E-state index in [0.29, 0.717) is 34.1 Å². The van der Waals surface area contributed by atoms with Gasteiger partial charge in [0.2, 0.25) is 5.95 Å². The van der Waals surface area contributed by atoms with Crippen LogP contribution in [0.15, 0.2) is 24.3 Å². The number of methoxy groups -OCH3 is 1. The van der Waals surface area contributed by atoms with E-state index in [1.54, 1.807) is 31.4 Å². The maximum atomic E-state index is 12.8. The predicted octanol–water partition coefficient (Wildman–Crippen LogP) is 4.47. The molecule has 0 bridgehead atoms. The lowest BCUT2D eigenvalue weighted by Crippen LogP contribution is -2.40. The zero-order valence-corrected chi connectivity index (χ0v) is 16.7. The summed E-state index contributed by atoms with van der Waals surface area (Å²) in [4.78, 5) is 24.2. The predicted molar refractivity (Wildman–Crippen MR) is 108 cm³/mol. The third-order valence-electron chi connectivity index (χ3n) is 4.84. The van der Waals surface area contributed by atoms with Gasteiger partial charge >= 0.3 is 0 Å². The van der Waals surface area contributed by atoms with Crippen LogP contribution in [0.25, 0.3) is 0 Å². The molecular formula is C20H25ClN4O2. The van der Waals surface area contributed by atoms with Gasteiger partial charge in [0.05, 0.1) is 12.8 Å². The number of rotatable bonds is 5. The SMILES string of the molecule is CCC1CCCCN1c1nc(C)cc(C(=O)Nc2cc(Cl)ccc2OC)n1. The Labute approximate surface area is 164 Å². The first-order valence-corrected chi connectivity index (χ1v) is 9.66. The van der Waals surface area contributed by atoms with Crippen molar-refractivity contribution in [2.75, 3.05) is 23.9 Å². The minimum absolute atomic E-state index is 0.313. The Morgan fingerprint density at radius 2 is 2.15 bits per heavy atom. The molecule has 7 heteroatoms. The first-order valence-electron chi connectivity index (χ1n) is 9.29. The van der Waals surface area contributed by atoms with Crippen LogP contribution in [0, 0.1) is 6.92 Å². The number of benzene rings is 1. The van der Waals surface area contributed by atoms with Gasteiger partial charge in [0.15, 0.2) is 0 Å². The van der Waals surface area contributed by atoms with E-state index in [-0.39, 0.29) is 5.91 Å². The number of aryl methyl sites for hydroxylation is 1. The van der Waals surface area contributed by atoms with E-state index in [9.17, 15) is 4.79 Å². The lowest BCUT2D eigenvalue weighted by Gasteiger charge is -2.35. The number of amides is 1. The third kappa shape index (κ3) is 4.50. The highest BCUT2D eigenvalue weighted by atomic mass is 35.5. The molecule has 144 valence electrons. The van der Waals surface area contributed by atoms with Crippen molar-refractivity contribution in [2.24, 2.45) is 0 Å². The van der Waals surface area contributed by atoms with Gasteiger partial charge in [-0.1, -0.05) is 18.5 Å². The minimum atomic E-state index is -0.313. The maximum Gasteiger partial charge on any atom is 0.274 e. The number of carbonyl (C=O) groups is 1. The molecule has 1 aromatic heterocycles. The number of halogens is 1. The Kier molecular flexibility index (Phi) is 6.16. The second kappa shape index (κ2) is 8.57. The van der Waals surface area contributed by atoms with Gasteiger partial charge in [0, 0.05) is 23.3 Å². The molecule has 2 heterocycles. The number of ether oxygens (including phenoxy) is 1. The normalized spacial score (nSPS) is 16.9. The highest BCUT2D eigenvalue weighted by Gasteiger charge is 2.24. The number of aromatic nitrogens is 2. The van der Waals surface area contributed by atoms with E-state index >= 15 is 0 Å². The average Bonchev–Trinajstić information content (AvgIpc) is 2.67. The number of anilines is 2. The fourth-order valence-electron chi connectivity index (χ4n) is 3.45. The van der Waals surface area contributed by atoms with E-state index in [1.165, 1.54) is 6.42 Å². The second-order valence-electron chi connectivity index (χ2n) is 6.74. The molecule has 1 N–H and O–H groups in total. The van der Waals surface area contributed by atoms with E-state index in [0.717, 1.165) is 31.5 Å². The van der Waals surface area contributed by atoms with Crippen LogP contribution in [0.3, 0.4) is 0 Å². The van der Waals surface area contributed by atoms with Gasteiger partial charge in [-0.2, -0.15) is 0 Å². The molecular weight excluding hydrogens is 364 g/mol. The summed E-state index contributed by atoms with van der Waals surface area (Å²) in [6.45, 7) is 4.98. The Hall–Kier alpha value is -2.34. The summed E-state index contributed by atoms with van der Waals surface area (Å²) < 4.78 is 5.29. The summed E-state index contributed by atoms with van der Waals surface area (Å²) in [5.41, 5.74) is 1.61. The molecule has 0 saturated carbocycles. The third-order valence-corrected chi connectivity index (χ3v) is 5.08. The summed E-state index contributed by atoms with van der Waals surface area (Å²) in [5.74, 6) is 0.859. The van der Waals surface area contributed by atoms with E-state index in [1.807, 2.05) is 6.92 Å². The van der Waals surface area contributed by atoms with E-state index in [2.05, 4.69) is 27.1 Å². The molecule has 6 nitrogen and oxygen atoms in total. The zero-order valence-electron chi connectivity index (χ0n) is 16.0. The molecule has 27 heavy (non-hydrogen) atoms. The van der Waals surface area contributed by atoms with Crippen molar-refractivity contribution >= 4 is 29.1 Å². The number of carbonyl (C=O) groups excluding carboxylic acids is 1. The van der Waals surface area contributed by atoms with Gasteiger partial charge in [0.25, 0.3) is 5.91 Å². The summed E-state index contributed by atoms with van der Waals surface area (Å²) in [6.07, 6.45) is 4.52. The van der Waals surface area contributed by atoms with Gasteiger partial charge in [0.1, 0.15) is 11.4 Å². The summed E-state index contributed by atoms with van der Waals surface area (Å²) >= 11 is 6.05. The van der Waals surface area contributed by atoms with Crippen LogP contribution < -0.4 is 15.0 Å². The van der Waals surface area contributed by atoms with Gasteiger partial charge < -0.3 is 15.0 Å². The zero-order chi connectivity index (χ0) is 19.4. The quantitative estimate of drug-likeness (QED) is 0.818. The molecule has 3 rings (SSSR count). The topological polar surface area (TPSA) is 67.4 Å². The number of nitrogens with one attached hydrogen (secondary N) is 1. The highest BCUT2D eigenvalue weighted by Crippen LogP contribution is 2.28. The smallest absolute Gasteiger partial charge is 0.274 e. The largest absolute Gasteiger partial charge is 0.495 e. The Morgan fingerprint density at radius 3 is 2.89 bits per heavy atom. The van der Waals surface area contributed by atoms with Crippen molar-refractivity contribution < 1.29 is 9.53 Å². The van der Waals surface area contributed by atoms with Crippen LogP contribution >= 0.6 is 11.6 Å². The monoisotopic (exact) mass is 388 g/mol. The van der Waals surface area contributed by atoms with Crippen molar-refractivity contribution in [3.8, 4) is 5.75 Å². The van der Waals surface area contributed by atoms with Gasteiger partial charge in [-0.05, 0) is 56.9 Å². The van der Waals surface area contributed by atoms with Crippen LogP contribution in [-0.4, -0.2) is 35.6 Å². The molecule has 1 aliphatic heterocycles. The maximum absolute atomic E-state index is 12.8. The number of hydrogen-bond donors (Lipinski definition) is 1. The number of piperidine rings is 1. The van der Waals surface area contributed by atoms with Crippen molar-refractivity contribution in [3.63, 3.8) is 0 Å². The van der Waals surface area contributed by atoms with Crippen molar-refractivity contribution in [2.45, 2.75) is 45.6 Å². The lowest BCUT2D eigenvalue weighted by atomic mass is 10.0. The summed E-state index contributed by atoms with van der Waals surface area (Å²) in [5, 5.41) is 3.36. The minimum Gasteiger partial charge on any atom is -0.495 e. The fraction of sp³-hybridized carbons (Fsp3) is 0.450. The van der Waals surface area contributed by atoms with Crippen LogP contribution in [0.2, 0.25) is 5.02 Å². The van der Waals surface area contributed by atoms with Crippen LogP contribution in [0.1, 0.15) is 48.8 Å². The second-order valence-corrected chi connectivity index (χ2v) is 7.18. The lowest BCUT2D eigenvalue weighted by molar-refractivity contribution is 0.102. The molecule has 2 aromatic rings. The van der Waals surface area contributed by atoms with E-state index < -0.39 is 0 Å². The van der Waals surface area contributed by atoms with Gasteiger partial charge in [-0.3, -0.25) is 4.79 Å². The number of nitrogens with zero attached hydrogens (tertiary/aromatic N) is 3. The van der Waals surface area contributed by atoms with Gasteiger partial charge in [-0.15, -0.1) is 0 Å². The standard InChI is InChI=1S/C20H25ClN4O2/c1-4-15-7-5-6-10-25(15)20-22-13(2)11-17(24-20)19(26)23-16-12-14(21)8-9-18(16)27-3/h8-9,11-12,15H,4-7,10H2,1-3H3,(H,23,26). The molecule has 1 aromatic carbocycles. The van der Waals surface area contributed by atoms with Crippen LogP contribution in [-0.2, 0) is 0 Å². The molecule has 1 aliphatic rings. The molecule has 0 spiro atoms. The fourth-order valence-corrected chi connectivity index (χ4v) is 3.62. The number of hydrogen-bond acceptors (Lipinski definition) is 5.